The number of anilines is 3. The number of aliphatic hydroxyl groups excluding tert-OH is 1. The molecule has 0 spiro atoms. The first-order chi connectivity index (χ1) is 17.6. The van der Waals surface area contributed by atoms with Crippen LogP contribution in [0.1, 0.15) is 12.5 Å². The number of likely N-dealkylation sites (N-methyl/N-ethyl adjacent to an activating group) is 1. The number of rotatable bonds is 8. The third kappa shape index (κ3) is 4.48. The molecule has 1 aliphatic heterocycles. The Balaban J connectivity index is 1.47. The van der Waals surface area contributed by atoms with Crippen molar-refractivity contribution in [3.63, 3.8) is 0 Å². The summed E-state index contributed by atoms with van der Waals surface area (Å²) in [6.45, 7) is 11.1. The summed E-state index contributed by atoms with van der Waals surface area (Å²) in [5.41, 5.74) is 2.88. The molecule has 0 unspecified atom stereocenters. The molecule has 1 aromatic carbocycles. The van der Waals surface area contributed by atoms with Crippen molar-refractivity contribution in [3.05, 3.63) is 77.4 Å². The van der Waals surface area contributed by atoms with Gasteiger partial charge in [0.2, 0.25) is 5.95 Å². The summed E-state index contributed by atoms with van der Waals surface area (Å²) in [5, 5.41) is 13.7. The Morgan fingerprint density at radius 1 is 1.14 bits per heavy atom. The number of fused-ring (bicyclic) bond motifs is 1. The summed E-state index contributed by atoms with van der Waals surface area (Å²) in [4.78, 5) is 31.2. The summed E-state index contributed by atoms with van der Waals surface area (Å²) >= 11 is 0. The zero-order chi connectivity index (χ0) is 25.1. The minimum Gasteiger partial charge on any atom is -0.392 e. The van der Waals surface area contributed by atoms with E-state index >= 15 is 0 Å². The molecule has 4 heterocycles. The molecule has 3 aromatic heterocycles. The lowest BCUT2D eigenvalue weighted by molar-refractivity contribution is 0.267. The number of nitrogens with zero attached hydrogens (tertiary/aromatic N) is 7. The van der Waals surface area contributed by atoms with Crippen LogP contribution in [0.15, 0.2) is 66.2 Å². The Kier molecular flexibility index (Phi) is 6.79. The predicted molar refractivity (Wildman–Crippen MR) is 141 cm³/mol. The van der Waals surface area contributed by atoms with E-state index in [1.54, 1.807) is 17.0 Å². The molecule has 10 nitrogen and oxygen atoms in total. The number of hydrogen-bond donors (Lipinski definition) is 2. The molecule has 0 saturated carbocycles. The van der Waals surface area contributed by atoms with Gasteiger partial charge < -0.3 is 20.2 Å². The van der Waals surface area contributed by atoms with Crippen LogP contribution in [0.2, 0.25) is 0 Å². The van der Waals surface area contributed by atoms with Gasteiger partial charge in [0.05, 0.1) is 13.2 Å². The van der Waals surface area contributed by atoms with Crippen LogP contribution in [0.5, 0.6) is 0 Å². The lowest BCUT2D eigenvalue weighted by Crippen LogP contribution is -2.46. The van der Waals surface area contributed by atoms with Crippen molar-refractivity contribution in [3.8, 4) is 5.82 Å². The van der Waals surface area contributed by atoms with Gasteiger partial charge in [-0.2, -0.15) is 4.98 Å². The molecule has 0 amide bonds. The van der Waals surface area contributed by atoms with Crippen molar-refractivity contribution in [2.45, 2.75) is 20.1 Å². The van der Waals surface area contributed by atoms with Gasteiger partial charge in [-0.25, -0.2) is 19.3 Å². The minimum atomic E-state index is -0.211. The lowest BCUT2D eigenvalue weighted by atomic mass is 10.1. The van der Waals surface area contributed by atoms with Crippen LogP contribution in [0.4, 0.5) is 17.3 Å². The molecule has 1 fully saturated rings. The van der Waals surface area contributed by atoms with Crippen LogP contribution in [0.3, 0.4) is 0 Å². The fourth-order valence-electron chi connectivity index (χ4n) is 4.62. The molecule has 1 aliphatic rings. The molecule has 5 rings (SSSR count). The van der Waals surface area contributed by atoms with Gasteiger partial charge in [0.25, 0.3) is 5.56 Å². The van der Waals surface area contributed by atoms with Crippen LogP contribution in [-0.2, 0) is 13.2 Å². The summed E-state index contributed by atoms with van der Waals surface area (Å²) in [5.74, 6) is 0.919. The van der Waals surface area contributed by atoms with Gasteiger partial charge in [-0.15, -0.1) is 6.58 Å². The molecular formula is C26H30N8O2. The zero-order valence-corrected chi connectivity index (χ0v) is 20.3. The average Bonchev–Trinajstić information content (AvgIpc) is 3.20. The second kappa shape index (κ2) is 10.3. The first-order valence-corrected chi connectivity index (χ1v) is 12.1. The third-order valence-electron chi connectivity index (χ3n) is 6.51. The van der Waals surface area contributed by atoms with E-state index in [2.05, 4.69) is 43.6 Å². The summed E-state index contributed by atoms with van der Waals surface area (Å²) in [6, 6.07) is 11.4. The van der Waals surface area contributed by atoms with Gasteiger partial charge in [-0.1, -0.05) is 19.1 Å². The predicted octanol–water partition coefficient (Wildman–Crippen LogP) is 2.54. The Morgan fingerprint density at radius 3 is 2.67 bits per heavy atom. The Bertz CT molecular complexity index is 1420. The van der Waals surface area contributed by atoms with E-state index in [1.165, 1.54) is 10.9 Å². The van der Waals surface area contributed by atoms with Crippen LogP contribution < -0.4 is 15.8 Å². The van der Waals surface area contributed by atoms with Crippen LogP contribution in [0.25, 0.3) is 16.9 Å². The van der Waals surface area contributed by atoms with E-state index in [1.807, 2.05) is 36.4 Å². The van der Waals surface area contributed by atoms with Gasteiger partial charge in [-0.05, 0) is 36.9 Å². The van der Waals surface area contributed by atoms with E-state index < -0.39 is 0 Å². The molecule has 36 heavy (non-hydrogen) atoms. The number of nitrogens with one attached hydrogen (secondary N) is 1. The molecule has 0 bridgehead atoms. The number of hydrogen-bond acceptors (Lipinski definition) is 8. The standard InChI is InChI=1S/C26H30N8O2/c1-3-11-33-25(36)21-17-28-26(30-24(21)34(33)23-7-5-6-10-27-23)29-20-8-9-22(19(16-20)18-35)32-14-12-31(4-2)13-15-32/h3,5-10,16-17,35H,1,4,11-15,18H2,2H3,(H,28,29,30). The highest BCUT2D eigenvalue weighted by molar-refractivity contribution is 5.77. The SMILES string of the molecule is C=CCn1c(=O)c2cnc(Nc3ccc(N4CCN(CC)CC4)c(CO)c3)nc2n1-c1ccccn1. The molecular weight excluding hydrogens is 456 g/mol. The number of allylic oxidation sites excluding steroid dienone is 1. The molecule has 0 aliphatic carbocycles. The second-order valence-corrected chi connectivity index (χ2v) is 8.65. The Labute approximate surface area is 209 Å². The second-order valence-electron chi connectivity index (χ2n) is 8.65. The third-order valence-corrected chi connectivity index (χ3v) is 6.51. The van der Waals surface area contributed by atoms with Crippen LogP contribution >= 0.6 is 0 Å². The van der Waals surface area contributed by atoms with Crippen molar-refractivity contribution >= 4 is 28.4 Å². The molecule has 4 aromatic rings. The molecule has 186 valence electrons. The maximum Gasteiger partial charge on any atom is 0.278 e. The van der Waals surface area contributed by atoms with Crippen LogP contribution in [0, 0.1) is 0 Å². The zero-order valence-electron chi connectivity index (χ0n) is 20.3. The highest BCUT2D eigenvalue weighted by atomic mass is 16.3. The molecule has 2 N–H and O–H groups in total. The molecule has 0 atom stereocenters. The fraction of sp³-hybridized carbons (Fsp3) is 0.308. The van der Waals surface area contributed by atoms with Gasteiger partial charge in [0.1, 0.15) is 5.39 Å². The van der Waals surface area contributed by atoms with Gasteiger partial charge in [0.15, 0.2) is 11.5 Å². The Hall–Kier alpha value is -4.02. The Morgan fingerprint density at radius 2 is 1.97 bits per heavy atom. The number of piperazine rings is 1. The number of benzene rings is 1. The quantitative estimate of drug-likeness (QED) is 0.366. The lowest BCUT2D eigenvalue weighted by Gasteiger charge is -2.36. The smallest absolute Gasteiger partial charge is 0.278 e. The maximum atomic E-state index is 13.0. The number of aliphatic hydroxyl groups is 1. The van der Waals surface area contributed by atoms with Crippen LogP contribution in [-0.4, -0.2) is 67.0 Å². The summed E-state index contributed by atoms with van der Waals surface area (Å²) in [7, 11) is 0. The van der Waals surface area contributed by atoms with E-state index in [0.717, 1.165) is 49.7 Å². The first kappa shape index (κ1) is 23.7. The van der Waals surface area contributed by atoms with E-state index in [-0.39, 0.29) is 12.2 Å². The monoisotopic (exact) mass is 486 g/mol. The average molecular weight is 487 g/mol. The van der Waals surface area contributed by atoms with Crippen molar-refractivity contribution in [2.24, 2.45) is 0 Å². The van der Waals surface area contributed by atoms with Crippen molar-refractivity contribution < 1.29 is 5.11 Å². The van der Waals surface area contributed by atoms with Crippen molar-refractivity contribution in [1.29, 1.82) is 0 Å². The molecule has 0 radical (unpaired) electrons. The fourth-order valence-corrected chi connectivity index (χ4v) is 4.62. The van der Waals surface area contributed by atoms with E-state index in [9.17, 15) is 9.90 Å². The maximum absolute atomic E-state index is 13.0. The van der Waals surface area contributed by atoms with E-state index in [4.69, 9.17) is 0 Å². The van der Waals surface area contributed by atoms with Crippen molar-refractivity contribution in [2.75, 3.05) is 42.9 Å². The first-order valence-electron chi connectivity index (χ1n) is 12.1. The highest BCUT2D eigenvalue weighted by Gasteiger charge is 2.20. The summed E-state index contributed by atoms with van der Waals surface area (Å²) in [6.07, 6.45) is 4.86. The number of pyridine rings is 1. The topological polar surface area (TPSA) is 104 Å². The highest BCUT2D eigenvalue weighted by Crippen LogP contribution is 2.27. The van der Waals surface area contributed by atoms with Gasteiger partial charge in [-0.3, -0.25) is 4.79 Å². The van der Waals surface area contributed by atoms with E-state index in [0.29, 0.717) is 29.3 Å². The minimum absolute atomic E-state index is 0.0671. The number of aromatic nitrogens is 5. The van der Waals surface area contributed by atoms with Crippen molar-refractivity contribution in [1.82, 2.24) is 29.2 Å². The van der Waals surface area contributed by atoms with Gasteiger partial charge in [0, 0.05) is 55.5 Å². The molecule has 1 saturated heterocycles. The summed E-state index contributed by atoms with van der Waals surface area (Å²) < 4.78 is 3.22. The molecule has 10 heteroatoms. The largest absolute Gasteiger partial charge is 0.392 e. The normalized spacial score (nSPS) is 14.3. The van der Waals surface area contributed by atoms with Gasteiger partial charge >= 0.3 is 0 Å².